The smallest absolute Gasteiger partial charge is 0.254 e. The largest absolute Gasteiger partial charge is 0.497 e. The minimum atomic E-state index is -0.368. The monoisotopic (exact) mass is 403 g/mol. The lowest BCUT2D eigenvalue weighted by Crippen LogP contribution is -2.45. The number of ether oxygens (including phenoxy) is 2. The average Bonchev–Trinajstić information content (AvgIpc) is 3.38. The van der Waals surface area contributed by atoms with Crippen molar-refractivity contribution >= 4 is 5.91 Å². The molecule has 0 radical (unpaired) electrons. The van der Waals surface area contributed by atoms with E-state index in [2.05, 4.69) is 9.55 Å². The second-order valence-corrected chi connectivity index (χ2v) is 8.14. The number of nitrogens with zero attached hydrogens (tertiary/aromatic N) is 3. The van der Waals surface area contributed by atoms with E-state index < -0.39 is 0 Å². The zero-order chi connectivity index (χ0) is 20.7. The topological polar surface area (TPSA) is 56.6 Å². The Hall–Kier alpha value is -3.12. The molecule has 0 N–H and O–H groups in total. The van der Waals surface area contributed by atoms with Gasteiger partial charge in [0.2, 0.25) is 0 Å². The number of benzene rings is 2. The van der Waals surface area contributed by atoms with Crippen molar-refractivity contribution in [2.75, 3.05) is 20.2 Å². The van der Waals surface area contributed by atoms with Gasteiger partial charge in [-0.1, -0.05) is 18.2 Å². The van der Waals surface area contributed by atoms with E-state index in [1.54, 1.807) is 7.11 Å². The molecule has 0 unspecified atom stereocenters. The zero-order valence-corrected chi connectivity index (χ0v) is 17.3. The van der Waals surface area contributed by atoms with E-state index in [1.807, 2.05) is 66.6 Å². The lowest BCUT2D eigenvalue weighted by molar-refractivity contribution is -0.0804. The number of carbonyl (C=O) groups is 1. The first-order valence-corrected chi connectivity index (χ1v) is 10.3. The van der Waals surface area contributed by atoms with Crippen LogP contribution < -0.4 is 4.74 Å². The summed E-state index contributed by atoms with van der Waals surface area (Å²) in [5.74, 6) is 1.84. The van der Waals surface area contributed by atoms with Gasteiger partial charge in [-0.3, -0.25) is 4.79 Å². The van der Waals surface area contributed by atoms with Gasteiger partial charge >= 0.3 is 0 Å². The maximum Gasteiger partial charge on any atom is 0.254 e. The van der Waals surface area contributed by atoms with Crippen LogP contribution in [0.1, 0.15) is 28.2 Å². The van der Waals surface area contributed by atoms with Gasteiger partial charge in [0.25, 0.3) is 5.91 Å². The molecular weight excluding hydrogens is 378 g/mol. The van der Waals surface area contributed by atoms with E-state index in [0.717, 1.165) is 40.4 Å². The number of imidazole rings is 1. The molecule has 6 nitrogen and oxygen atoms in total. The minimum absolute atomic E-state index is 0.0837. The Morgan fingerprint density at radius 3 is 2.70 bits per heavy atom. The van der Waals surface area contributed by atoms with Crippen molar-refractivity contribution in [3.05, 3.63) is 71.7 Å². The van der Waals surface area contributed by atoms with Gasteiger partial charge in [0.05, 0.1) is 32.1 Å². The van der Waals surface area contributed by atoms with Crippen LogP contribution in [0.15, 0.2) is 54.7 Å². The van der Waals surface area contributed by atoms with Crippen LogP contribution in [0.5, 0.6) is 5.75 Å². The van der Waals surface area contributed by atoms with Crippen molar-refractivity contribution < 1.29 is 14.3 Å². The Labute approximate surface area is 176 Å². The van der Waals surface area contributed by atoms with E-state index in [0.29, 0.717) is 26.2 Å². The second-order valence-electron chi connectivity index (χ2n) is 8.14. The van der Waals surface area contributed by atoms with Crippen molar-refractivity contribution in [3.63, 3.8) is 0 Å². The SMILES string of the molecule is COc1ccc(-c2cnc3n2C[C@@]2(CCN(C(=O)c4ccccc4C)C2)OC3)cc1. The first-order valence-electron chi connectivity index (χ1n) is 10.3. The third-order valence-electron chi connectivity index (χ3n) is 6.26. The highest BCUT2D eigenvalue weighted by Gasteiger charge is 2.44. The van der Waals surface area contributed by atoms with Gasteiger partial charge in [0.1, 0.15) is 23.8 Å². The number of rotatable bonds is 3. The first kappa shape index (κ1) is 18.9. The second kappa shape index (κ2) is 7.29. The number of fused-ring (bicyclic) bond motifs is 1. The third kappa shape index (κ3) is 3.17. The first-order chi connectivity index (χ1) is 14.6. The number of likely N-dealkylation sites (tertiary alicyclic amines) is 1. The highest BCUT2D eigenvalue weighted by molar-refractivity contribution is 5.95. The molecule has 1 aromatic heterocycles. The molecular formula is C24H25N3O3. The van der Waals surface area contributed by atoms with Crippen LogP contribution in [0.25, 0.3) is 11.3 Å². The van der Waals surface area contributed by atoms with Gasteiger partial charge in [-0.05, 0) is 49.2 Å². The van der Waals surface area contributed by atoms with Gasteiger partial charge in [0.15, 0.2) is 0 Å². The molecule has 1 amide bonds. The zero-order valence-electron chi connectivity index (χ0n) is 17.3. The molecule has 0 bridgehead atoms. The van der Waals surface area contributed by atoms with Crippen molar-refractivity contribution in [2.45, 2.75) is 32.1 Å². The summed E-state index contributed by atoms with van der Waals surface area (Å²) < 4.78 is 13.8. The highest BCUT2D eigenvalue weighted by atomic mass is 16.5. The van der Waals surface area contributed by atoms with Crippen LogP contribution in [-0.4, -0.2) is 46.2 Å². The van der Waals surface area contributed by atoms with Crippen molar-refractivity contribution in [1.29, 1.82) is 0 Å². The Morgan fingerprint density at radius 1 is 1.13 bits per heavy atom. The third-order valence-corrected chi connectivity index (χ3v) is 6.26. The lowest BCUT2D eigenvalue weighted by Gasteiger charge is -2.35. The lowest BCUT2D eigenvalue weighted by atomic mass is 10.0. The van der Waals surface area contributed by atoms with Crippen LogP contribution in [0.4, 0.5) is 0 Å². The van der Waals surface area contributed by atoms with E-state index in [9.17, 15) is 4.79 Å². The molecule has 154 valence electrons. The Balaban J connectivity index is 1.38. The Bertz CT molecular complexity index is 1090. The highest BCUT2D eigenvalue weighted by Crippen LogP contribution is 2.36. The molecule has 2 aliphatic rings. The summed E-state index contributed by atoms with van der Waals surface area (Å²) in [5, 5.41) is 0. The summed E-state index contributed by atoms with van der Waals surface area (Å²) in [4.78, 5) is 19.6. The van der Waals surface area contributed by atoms with Crippen LogP contribution in [0, 0.1) is 6.92 Å². The van der Waals surface area contributed by atoms with Crippen molar-refractivity contribution in [1.82, 2.24) is 14.5 Å². The molecule has 1 saturated heterocycles. The molecule has 1 atom stereocenters. The number of amides is 1. The van der Waals surface area contributed by atoms with Crippen LogP contribution in [0.3, 0.4) is 0 Å². The Morgan fingerprint density at radius 2 is 1.93 bits per heavy atom. The fourth-order valence-electron chi connectivity index (χ4n) is 4.50. The molecule has 3 aromatic rings. The molecule has 3 heterocycles. The van der Waals surface area contributed by atoms with Gasteiger partial charge < -0.3 is 18.9 Å². The van der Waals surface area contributed by atoms with Crippen LogP contribution in [0.2, 0.25) is 0 Å². The summed E-state index contributed by atoms with van der Waals surface area (Å²) in [5.41, 5.74) is 3.57. The summed E-state index contributed by atoms with van der Waals surface area (Å²) in [6, 6.07) is 15.8. The molecule has 0 saturated carbocycles. The van der Waals surface area contributed by atoms with Crippen LogP contribution in [-0.2, 0) is 17.9 Å². The normalized spacial score (nSPS) is 20.4. The quantitative estimate of drug-likeness (QED) is 0.669. The fourth-order valence-corrected chi connectivity index (χ4v) is 4.50. The molecule has 5 rings (SSSR count). The molecule has 6 heteroatoms. The van der Waals surface area contributed by atoms with E-state index in [-0.39, 0.29) is 11.5 Å². The molecule has 2 aromatic carbocycles. The summed E-state index contributed by atoms with van der Waals surface area (Å²) >= 11 is 0. The number of aromatic nitrogens is 2. The predicted octanol–water partition coefficient (Wildman–Crippen LogP) is 3.68. The maximum atomic E-state index is 13.1. The predicted molar refractivity (Wildman–Crippen MR) is 113 cm³/mol. The molecule has 1 spiro atoms. The van der Waals surface area contributed by atoms with Gasteiger partial charge in [-0.2, -0.15) is 0 Å². The molecule has 0 aliphatic carbocycles. The molecule has 1 fully saturated rings. The standard InChI is InChI=1S/C24H25N3O3/c1-17-5-3-4-6-20(17)23(28)26-12-11-24(15-26)16-27-21(13-25-22(27)14-30-24)18-7-9-19(29-2)10-8-18/h3-10,13H,11-12,14-16H2,1-2H3/t24-/m0/s1. The number of aryl methyl sites for hydroxylation is 1. The number of methoxy groups -OCH3 is 1. The summed E-state index contributed by atoms with van der Waals surface area (Å²) in [6.45, 7) is 4.44. The fraction of sp³-hybridized carbons (Fsp3) is 0.333. The molecule has 2 aliphatic heterocycles. The van der Waals surface area contributed by atoms with Gasteiger partial charge in [-0.25, -0.2) is 4.98 Å². The maximum absolute atomic E-state index is 13.1. The molecule has 30 heavy (non-hydrogen) atoms. The minimum Gasteiger partial charge on any atom is -0.497 e. The van der Waals surface area contributed by atoms with Crippen molar-refractivity contribution in [3.8, 4) is 17.0 Å². The average molecular weight is 403 g/mol. The number of hydrogen-bond acceptors (Lipinski definition) is 4. The summed E-state index contributed by atoms with van der Waals surface area (Å²) in [6.07, 6.45) is 2.73. The van der Waals surface area contributed by atoms with Crippen molar-refractivity contribution in [2.24, 2.45) is 0 Å². The Kier molecular flexibility index (Phi) is 4.59. The number of hydrogen-bond donors (Lipinski definition) is 0. The van der Waals surface area contributed by atoms with Crippen LogP contribution >= 0.6 is 0 Å². The summed E-state index contributed by atoms with van der Waals surface area (Å²) in [7, 11) is 1.67. The van der Waals surface area contributed by atoms with E-state index >= 15 is 0 Å². The van der Waals surface area contributed by atoms with Gasteiger partial charge in [0, 0.05) is 17.7 Å². The number of carbonyl (C=O) groups excluding carboxylic acids is 1. The van der Waals surface area contributed by atoms with E-state index in [1.165, 1.54) is 0 Å². The van der Waals surface area contributed by atoms with E-state index in [4.69, 9.17) is 9.47 Å². The van der Waals surface area contributed by atoms with Gasteiger partial charge in [-0.15, -0.1) is 0 Å².